The van der Waals surface area contributed by atoms with Crippen LogP contribution in [-0.2, 0) is 5.41 Å². The van der Waals surface area contributed by atoms with Crippen LogP contribution in [0.1, 0.15) is 25.0 Å². The van der Waals surface area contributed by atoms with Crippen molar-refractivity contribution in [2.75, 3.05) is 0 Å². The number of furan rings is 1. The van der Waals surface area contributed by atoms with Gasteiger partial charge in [-0.25, -0.2) is 0 Å². The highest BCUT2D eigenvalue weighted by molar-refractivity contribution is 6.23. The molecule has 7 aromatic carbocycles. The van der Waals surface area contributed by atoms with E-state index in [2.05, 4.69) is 153 Å². The van der Waals surface area contributed by atoms with E-state index in [-0.39, 0.29) is 5.41 Å². The van der Waals surface area contributed by atoms with Gasteiger partial charge >= 0.3 is 0 Å². The van der Waals surface area contributed by atoms with Gasteiger partial charge in [0, 0.05) is 27.3 Å². The maximum atomic E-state index is 6.52. The van der Waals surface area contributed by atoms with Gasteiger partial charge in [0.1, 0.15) is 22.7 Å². The first-order valence-corrected chi connectivity index (χ1v) is 15.5. The van der Waals surface area contributed by atoms with Crippen LogP contribution < -0.4 is 4.74 Å². The maximum absolute atomic E-state index is 6.52. The van der Waals surface area contributed by atoms with Gasteiger partial charge in [-0.05, 0) is 68.4 Å². The molecule has 0 unspecified atom stereocenters. The molecule has 0 aliphatic carbocycles. The van der Waals surface area contributed by atoms with Crippen molar-refractivity contribution in [3.05, 3.63) is 157 Å². The van der Waals surface area contributed by atoms with E-state index >= 15 is 0 Å². The summed E-state index contributed by atoms with van der Waals surface area (Å²) in [5.74, 6) is 1.85. The lowest BCUT2D eigenvalue weighted by molar-refractivity contribution is 0.418. The Balaban J connectivity index is 1.24. The molecule has 9 rings (SSSR count). The van der Waals surface area contributed by atoms with Gasteiger partial charge in [-0.15, -0.1) is 0 Å². The van der Waals surface area contributed by atoms with Crippen LogP contribution in [0.25, 0.3) is 66.1 Å². The number of ether oxygens (including phenoxy) is 1. The number of hydrogen-bond acceptors (Lipinski definition) is 2. The molecule has 0 saturated carbocycles. The predicted molar refractivity (Wildman–Crippen MR) is 186 cm³/mol. The van der Waals surface area contributed by atoms with E-state index in [0.717, 1.165) is 39.0 Å². The monoisotopic (exact) mass is 578 g/mol. The Hall–Kier alpha value is -5.60. The fraction of sp³-hybridized carbons (Fsp3) is 0.0698. The first-order valence-electron chi connectivity index (χ1n) is 15.5. The average molecular weight is 579 g/mol. The second-order valence-electron chi connectivity index (χ2n) is 12.5. The SMILES string of the molecule is CC1(C)c2ccccc2Oc2cc(-c3ccccc3-c3ccccc3-c3cccc4oc5ccc6ccccc6c5c34)ccc21. The Morgan fingerprint density at radius 2 is 1.07 bits per heavy atom. The number of benzene rings is 7. The molecular weight excluding hydrogens is 548 g/mol. The van der Waals surface area contributed by atoms with E-state index in [9.17, 15) is 0 Å². The predicted octanol–water partition coefficient (Wildman–Crippen LogP) is 12.2. The minimum absolute atomic E-state index is 0.148. The summed E-state index contributed by atoms with van der Waals surface area (Å²) >= 11 is 0. The minimum atomic E-state index is -0.148. The van der Waals surface area contributed by atoms with Crippen molar-refractivity contribution >= 4 is 32.7 Å². The van der Waals surface area contributed by atoms with E-state index in [1.807, 2.05) is 6.07 Å². The van der Waals surface area contributed by atoms with Crippen LogP contribution in [0.3, 0.4) is 0 Å². The molecule has 0 bridgehead atoms. The van der Waals surface area contributed by atoms with Crippen molar-refractivity contribution in [3.63, 3.8) is 0 Å². The average Bonchev–Trinajstić information content (AvgIpc) is 3.48. The molecule has 0 N–H and O–H groups in total. The number of fused-ring (bicyclic) bond motifs is 7. The highest BCUT2D eigenvalue weighted by Crippen LogP contribution is 2.50. The fourth-order valence-electron chi connectivity index (χ4n) is 7.36. The molecule has 0 fully saturated rings. The lowest BCUT2D eigenvalue weighted by atomic mass is 9.75. The van der Waals surface area contributed by atoms with Crippen LogP contribution in [0.2, 0.25) is 0 Å². The minimum Gasteiger partial charge on any atom is -0.457 e. The first-order chi connectivity index (χ1) is 22.1. The first kappa shape index (κ1) is 25.9. The van der Waals surface area contributed by atoms with Crippen LogP contribution in [0.4, 0.5) is 0 Å². The Kier molecular flexibility index (Phi) is 5.58. The third-order valence-electron chi connectivity index (χ3n) is 9.57. The lowest BCUT2D eigenvalue weighted by Crippen LogP contribution is -2.24. The molecule has 2 heteroatoms. The zero-order valence-electron chi connectivity index (χ0n) is 25.2. The van der Waals surface area contributed by atoms with Gasteiger partial charge in [0.15, 0.2) is 0 Å². The van der Waals surface area contributed by atoms with E-state index in [1.165, 1.54) is 49.7 Å². The zero-order valence-corrected chi connectivity index (χ0v) is 25.2. The van der Waals surface area contributed by atoms with E-state index in [0.29, 0.717) is 0 Å². The topological polar surface area (TPSA) is 22.4 Å². The number of hydrogen-bond donors (Lipinski definition) is 0. The summed E-state index contributed by atoms with van der Waals surface area (Å²) < 4.78 is 13.0. The van der Waals surface area contributed by atoms with Gasteiger partial charge in [-0.2, -0.15) is 0 Å². The fourth-order valence-corrected chi connectivity index (χ4v) is 7.36. The van der Waals surface area contributed by atoms with E-state index < -0.39 is 0 Å². The Morgan fingerprint density at radius 3 is 1.91 bits per heavy atom. The van der Waals surface area contributed by atoms with Crippen LogP contribution in [0.15, 0.2) is 150 Å². The Bertz CT molecular complexity index is 2440. The number of rotatable bonds is 3. The molecule has 2 heterocycles. The second kappa shape index (κ2) is 9.70. The smallest absolute Gasteiger partial charge is 0.136 e. The Labute approximate surface area is 262 Å². The largest absolute Gasteiger partial charge is 0.457 e. The molecule has 2 nitrogen and oxygen atoms in total. The van der Waals surface area contributed by atoms with Crippen LogP contribution in [-0.4, -0.2) is 0 Å². The molecule has 0 radical (unpaired) electrons. The van der Waals surface area contributed by atoms with Gasteiger partial charge in [-0.1, -0.05) is 135 Å². The summed E-state index contributed by atoms with van der Waals surface area (Å²) in [5.41, 5.74) is 11.1. The molecule has 214 valence electrons. The van der Waals surface area contributed by atoms with Gasteiger partial charge < -0.3 is 9.15 Å². The summed E-state index contributed by atoms with van der Waals surface area (Å²) in [7, 11) is 0. The third-order valence-corrected chi connectivity index (χ3v) is 9.57. The quantitative estimate of drug-likeness (QED) is 0.208. The molecule has 45 heavy (non-hydrogen) atoms. The molecule has 1 aromatic heterocycles. The van der Waals surface area contributed by atoms with Gasteiger partial charge in [0.05, 0.1) is 0 Å². The normalized spacial score (nSPS) is 13.5. The standard InChI is InChI=1S/C43H30O2/c1-43(2)35-19-9-10-20-37(35)44-40-26-28(22-24-36(40)43)29-13-5-6-15-31(29)32-16-7-8-17-33(32)34-18-11-21-38-42(34)41-30-14-4-3-12-27(30)23-25-39(41)45-38/h3-26H,1-2H3. The summed E-state index contributed by atoms with van der Waals surface area (Å²) in [4.78, 5) is 0. The van der Waals surface area contributed by atoms with Gasteiger partial charge in [0.2, 0.25) is 0 Å². The molecule has 8 aromatic rings. The third kappa shape index (κ3) is 3.89. The van der Waals surface area contributed by atoms with Crippen molar-refractivity contribution in [1.82, 2.24) is 0 Å². The molecular formula is C43H30O2. The summed E-state index contributed by atoms with van der Waals surface area (Å²) in [6, 6.07) is 51.7. The summed E-state index contributed by atoms with van der Waals surface area (Å²) in [6.45, 7) is 4.56. The zero-order chi connectivity index (χ0) is 30.1. The molecule has 0 saturated heterocycles. The molecule has 1 aliphatic heterocycles. The van der Waals surface area contributed by atoms with Gasteiger partial charge in [0.25, 0.3) is 0 Å². The van der Waals surface area contributed by atoms with Gasteiger partial charge in [-0.3, -0.25) is 0 Å². The highest BCUT2D eigenvalue weighted by Gasteiger charge is 2.34. The second-order valence-corrected chi connectivity index (χ2v) is 12.5. The van der Waals surface area contributed by atoms with E-state index in [4.69, 9.17) is 9.15 Å². The molecule has 1 aliphatic rings. The Morgan fingerprint density at radius 1 is 0.444 bits per heavy atom. The maximum Gasteiger partial charge on any atom is 0.136 e. The van der Waals surface area contributed by atoms with Crippen molar-refractivity contribution in [2.45, 2.75) is 19.3 Å². The van der Waals surface area contributed by atoms with Crippen LogP contribution in [0.5, 0.6) is 11.5 Å². The molecule has 0 spiro atoms. The van der Waals surface area contributed by atoms with Crippen molar-refractivity contribution in [3.8, 4) is 44.9 Å². The number of para-hydroxylation sites is 1. The summed E-state index contributed by atoms with van der Waals surface area (Å²) in [6.07, 6.45) is 0. The van der Waals surface area contributed by atoms with Crippen molar-refractivity contribution in [2.24, 2.45) is 0 Å². The summed E-state index contributed by atoms with van der Waals surface area (Å²) in [5, 5.41) is 4.73. The van der Waals surface area contributed by atoms with Crippen LogP contribution >= 0.6 is 0 Å². The molecule has 0 atom stereocenters. The highest BCUT2D eigenvalue weighted by atomic mass is 16.5. The van der Waals surface area contributed by atoms with Crippen molar-refractivity contribution < 1.29 is 9.15 Å². The van der Waals surface area contributed by atoms with Crippen molar-refractivity contribution in [1.29, 1.82) is 0 Å². The van der Waals surface area contributed by atoms with E-state index in [1.54, 1.807) is 0 Å². The molecule has 0 amide bonds. The lowest BCUT2D eigenvalue weighted by Gasteiger charge is -2.34. The van der Waals surface area contributed by atoms with Crippen LogP contribution in [0, 0.1) is 0 Å².